The number of aromatic nitrogens is 1. The van der Waals surface area contributed by atoms with E-state index >= 15 is 0 Å². The number of aryl methyl sites for hydroxylation is 1. The molecular formula is C13H17N3O4. The Bertz CT molecular complexity index is 523. The molecule has 1 aliphatic rings. The summed E-state index contributed by atoms with van der Waals surface area (Å²) in [6.45, 7) is 2.15. The summed E-state index contributed by atoms with van der Waals surface area (Å²) in [5, 5.41) is 14.1. The van der Waals surface area contributed by atoms with Crippen molar-refractivity contribution in [2.75, 3.05) is 0 Å². The Morgan fingerprint density at radius 1 is 1.50 bits per heavy atom. The van der Waals surface area contributed by atoms with Gasteiger partial charge in [0.2, 0.25) is 5.89 Å². The highest BCUT2D eigenvalue weighted by atomic mass is 16.4. The zero-order valence-corrected chi connectivity index (χ0v) is 11.1. The molecular weight excluding hydrogens is 262 g/mol. The number of urea groups is 1. The molecule has 1 aliphatic carbocycles. The lowest BCUT2D eigenvalue weighted by atomic mass is 10.1. The van der Waals surface area contributed by atoms with Gasteiger partial charge in [-0.2, -0.15) is 0 Å². The van der Waals surface area contributed by atoms with Crippen LogP contribution in [0.4, 0.5) is 4.79 Å². The number of oxazole rings is 1. The fraction of sp³-hybridized carbons (Fsp3) is 0.462. The zero-order chi connectivity index (χ0) is 14.5. The molecule has 2 amide bonds. The van der Waals surface area contributed by atoms with Gasteiger partial charge in [0.25, 0.3) is 0 Å². The fourth-order valence-corrected chi connectivity index (χ4v) is 1.96. The molecule has 2 rings (SSSR count). The number of hydrogen-bond donors (Lipinski definition) is 3. The molecule has 20 heavy (non-hydrogen) atoms. The summed E-state index contributed by atoms with van der Waals surface area (Å²) in [4.78, 5) is 26.5. The van der Waals surface area contributed by atoms with Crippen LogP contribution >= 0.6 is 0 Å². The average Bonchev–Trinajstić information content (AvgIpc) is 3.04. The highest BCUT2D eigenvalue weighted by molar-refractivity contribution is 5.76. The van der Waals surface area contributed by atoms with E-state index in [0.29, 0.717) is 12.3 Å². The molecule has 0 bridgehead atoms. The van der Waals surface area contributed by atoms with Gasteiger partial charge in [-0.15, -0.1) is 0 Å². The lowest BCUT2D eigenvalue weighted by Gasteiger charge is -2.12. The van der Waals surface area contributed by atoms with Crippen molar-refractivity contribution >= 4 is 12.0 Å². The molecule has 0 radical (unpaired) electrons. The van der Waals surface area contributed by atoms with Crippen molar-refractivity contribution in [3.05, 3.63) is 30.0 Å². The van der Waals surface area contributed by atoms with Crippen LogP contribution in [0.15, 0.2) is 22.8 Å². The Labute approximate surface area is 116 Å². The number of rotatable bonds is 5. The van der Waals surface area contributed by atoms with E-state index in [-0.39, 0.29) is 18.6 Å². The maximum Gasteiger partial charge on any atom is 0.315 e. The van der Waals surface area contributed by atoms with Crippen molar-refractivity contribution in [1.29, 1.82) is 0 Å². The van der Waals surface area contributed by atoms with Gasteiger partial charge in [-0.25, -0.2) is 9.78 Å². The van der Waals surface area contributed by atoms with Gasteiger partial charge in [-0.3, -0.25) is 4.79 Å². The minimum atomic E-state index is -0.877. The van der Waals surface area contributed by atoms with E-state index in [1.807, 2.05) is 6.92 Å². The lowest BCUT2D eigenvalue weighted by molar-refractivity contribution is -0.140. The summed E-state index contributed by atoms with van der Waals surface area (Å²) in [6.07, 6.45) is 6.05. The van der Waals surface area contributed by atoms with Crippen LogP contribution < -0.4 is 10.6 Å². The largest absolute Gasteiger partial charge is 0.481 e. The first kappa shape index (κ1) is 14.1. The number of amides is 2. The van der Waals surface area contributed by atoms with Crippen LogP contribution in [-0.2, 0) is 17.8 Å². The SMILES string of the molecule is CCc1cnc(CNC(=O)NC2C=CC(C(=O)O)C2)o1. The van der Waals surface area contributed by atoms with Crippen molar-refractivity contribution in [3.8, 4) is 0 Å². The van der Waals surface area contributed by atoms with E-state index < -0.39 is 11.9 Å². The van der Waals surface area contributed by atoms with E-state index in [9.17, 15) is 9.59 Å². The Hall–Kier alpha value is -2.31. The summed E-state index contributed by atoms with van der Waals surface area (Å²) in [5.74, 6) is -0.190. The lowest BCUT2D eigenvalue weighted by Crippen LogP contribution is -2.40. The highest BCUT2D eigenvalue weighted by Crippen LogP contribution is 2.17. The Balaban J connectivity index is 1.73. The van der Waals surface area contributed by atoms with Crippen LogP contribution in [0.3, 0.4) is 0 Å². The minimum absolute atomic E-state index is 0.199. The van der Waals surface area contributed by atoms with E-state index in [1.54, 1.807) is 18.3 Å². The van der Waals surface area contributed by atoms with Gasteiger partial charge in [-0.05, 0) is 6.42 Å². The molecule has 3 N–H and O–H groups in total. The molecule has 1 heterocycles. The molecule has 0 spiro atoms. The first-order valence-electron chi connectivity index (χ1n) is 6.47. The van der Waals surface area contributed by atoms with Crippen molar-refractivity contribution in [2.45, 2.75) is 32.4 Å². The maximum atomic E-state index is 11.7. The monoisotopic (exact) mass is 279 g/mol. The second kappa shape index (κ2) is 6.23. The standard InChI is InChI=1S/C13H17N3O4/c1-2-10-6-14-11(20-10)7-15-13(19)16-9-4-3-8(5-9)12(17)18/h3-4,6,8-9H,2,5,7H2,1H3,(H,17,18)(H2,15,16,19). The number of carbonyl (C=O) groups is 2. The topological polar surface area (TPSA) is 104 Å². The van der Waals surface area contributed by atoms with Crippen molar-refractivity contribution in [1.82, 2.24) is 15.6 Å². The van der Waals surface area contributed by atoms with Gasteiger partial charge in [0.05, 0.1) is 24.7 Å². The minimum Gasteiger partial charge on any atom is -0.481 e. The number of carboxylic acid groups (broad SMARTS) is 1. The van der Waals surface area contributed by atoms with Crippen LogP contribution in [-0.4, -0.2) is 28.1 Å². The molecule has 0 aromatic carbocycles. The maximum absolute atomic E-state index is 11.7. The van der Waals surface area contributed by atoms with Crippen molar-refractivity contribution in [2.24, 2.45) is 5.92 Å². The Kier molecular flexibility index (Phi) is 4.39. The molecule has 1 aromatic heterocycles. The number of aliphatic carboxylic acids is 1. The van der Waals surface area contributed by atoms with Gasteiger partial charge < -0.3 is 20.2 Å². The summed E-state index contributed by atoms with van der Waals surface area (Å²) in [6, 6.07) is -0.631. The van der Waals surface area contributed by atoms with E-state index in [1.165, 1.54) is 0 Å². The molecule has 108 valence electrons. The van der Waals surface area contributed by atoms with Gasteiger partial charge in [-0.1, -0.05) is 19.1 Å². The van der Waals surface area contributed by atoms with Gasteiger partial charge >= 0.3 is 12.0 Å². The van der Waals surface area contributed by atoms with Crippen LogP contribution in [0.2, 0.25) is 0 Å². The third kappa shape index (κ3) is 3.59. The van der Waals surface area contributed by atoms with E-state index in [0.717, 1.165) is 12.2 Å². The molecule has 0 aliphatic heterocycles. The highest BCUT2D eigenvalue weighted by Gasteiger charge is 2.25. The van der Waals surface area contributed by atoms with Crippen LogP contribution in [0, 0.1) is 5.92 Å². The summed E-state index contributed by atoms with van der Waals surface area (Å²) in [7, 11) is 0. The third-order valence-electron chi connectivity index (χ3n) is 3.07. The van der Waals surface area contributed by atoms with Gasteiger partial charge in [0.15, 0.2) is 0 Å². The first-order chi connectivity index (χ1) is 9.58. The van der Waals surface area contributed by atoms with Gasteiger partial charge in [0.1, 0.15) is 5.76 Å². The normalized spacial score (nSPS) is 20.9. The number of carbonyl (C=O) groups excluding carboxylic acids is 1. The smallest absolute Gasteiger partial charge is 0.315 e. The molecule has 1 aromatic rings. The second-order valence-corrected chi connectivity index (χ2v) is 4.57. The van der Waals surface area contributed by atoms with E-state index in [2.05, 4.69) is 15.6 Å². The van der Waals surface area contributed by atoms with Crippen LogP contribution in [0.25, 0.3) is 0 Å². The van der Waals surface area contributed by atoms with Crippen LogP contribution in [0.5, 0.6) is 0 Å². The number of nitrogens with one attached hydrogen (secondary N) is 2. The molecule has 0 saturated heterocycles. The number of carboxylic acids is 1. The van der Waals surface area contributed by atoms with Crippen molar-refractivity contribution < 1.29 is 19.1 Å². The van der Waals surface area contributed by atoms with Gasteiger partial charge in [0, 0.05) is 6.42 Å². The molecule has 0 saturated carbocycles. The first-order valence-corrected chi connectivity index (χ1v) is 6.47. The molecule has 0 fully saturated rings. The Morgan fingerprint density at radius 3 is 2.90 bits per heavy atom. The molecule has 2 unspecified atom stereocenters. The predicted octanol–water partition coefficient (Wildman–Crippen LogP) is 1.07. The van der Waals surface area contributed by atoms with E-state index in [4.69, 9.17) is 9.52 Å². The molecule has 7 heteroatoms. The second-order valence-electron chi connectivity index (χ2n) is 4.57. The molecule has 2 atom stereocenters. The number of nitrogens with zero attached hydrogens (tertiary/aromatic N) is 1. The Morgan fingerprint density at radius 2 is 2.30 bits per heavy atom. The summed E-state index contributed by atoms with van der Waals surface area (Å²) < 4.78 is 5.36. The quantitative estimate of drug-likeness (QED) is 0.699. The summed E-state index contributed by atoms with van der Waals surface area (Å²) >= 11 is 0. The fourth-order valence-electron chi connectivity index (χ4n) is 1.96. The summed E-state index contributed by atoms with van der Waals surface area (Å²) in [5.41, 5.74) is 0. The molecule has 7 nitrogen and oxygen atoms in total. The van der Waals surface area contributed by atoms with Crippen LogP contribution in [0.1, 0.15) is 25.0 Å². The van der Waals surface area contributed by atoms with Crippen molar-refractivity contribution in [3.63, 3.8) is 0 Å². The average molecular weight is 279 g/mol. The zero-order valence-electron chi connectivity index (χ0n) is 11.1. The third-order valence-corrected chi connectivity index (χ3v) is 3.07. The predicted molar refractivity (Wildman–Crippen MR) is 69.9 cm³/mol. The number of hydrogen-bond acceptors (Lipinski definition) is 4.